The molecule has 0 aliphatic carbocycles. The second-order valence-electron chi connectivity index (χ2n) is 6.34. The highest BCUT2D eigenvalue weighted by Crippen LogP contribution is 2.37. The first kappa shape index (κ1) is 14.1. The van der Waals surface area contributed by atoms with Crippen LogP contribution in [0.25, 0.3) is 11.1 Å². The van der Waals surface area contributed by atoms with Crippen molar-refractivity contribution in [1.29, 1.82) is 0 Å². The Balaban J connectivity index is 2.14. The Morgan fingerprint density at radius 2 is 2.00 bits per heavy atom. The molecule has 0 fully saturated rings. The average molecular weight is 279 g/mol. The van der Waals surface area contributed by atoms with E-state index in [0.717, 1.165) is 11.3 Å². The van der Waals surface area contributed by atoms with Crippen LogP contribution in [0, 0.1) is 0 Å². The van der Waals surface area contributed by atoms with Crippen LogP contribution in [0.1, 0.15) is 26.5 Å². The minimum atomic E-state index is -1.78. The fraction of sp³-hybridized carbons (Fsp3) is 0.500. The smallest absolute Gasteiger partial charge is 0.192 e. The summed E-state index contributed by atoms with van der Waals surface area (Å²) < 4.78 is 11.7. The van der Waals surface area contributed by atoms with Crippen LogP contribution in [0.3, 0.4) is 0 Å². The highest BCUT2D eigenvalue weighted by atomic mass is 28.4. The normalized spacial score (nSPS) is 13.1. The molecule has 0 bridgehead atoms. The monoisotopic (exact) mass is 279 g/mol. The predicted molar refractivity (Wildman–Crippen MR) is 77.7 cm³/mol. The molecular weight excluding hydrogens is 258 g/mol. The number of aromatic hydroxyl groups is 1. The number of pyridine rings is 1. The van der Waals surface area contributed by atoms with Crippen molar-refractivity contribution >= 4 is 19.4 Å². The quantitative estimate of drug-likeness (QED) is 0.861. The second kappa shape index (κ2) is 4.65. The molecule has 0 saturated carbocycles. The lowest BCUT2D eigenvalue weighted by Crippen LogP contribution is -2.40. The minimum absolute atomic E-state index is 0.110. The van der Waals surface area contributed by atoms with Gasteiger partial charge in [-0.3, -0.25) is 0 Å². The summed E-state index contributed by atoms with van der Waals surface area (Å²) in [5.74, 6) is 0.858. The van der Waals surface area contributed by atoms with Gasteiger partial charge in [-0.05, 0) is 18.1 Å². The number of hydrogen-bond acceptors (Lipinski definition) is 4. The highest BCUT2D eigenvalue weighted by Gasteiger charge is 2.37. The number of nitrogens with zero attached hydrogens (tertiary/aromatic N) is 1. The molecule has 19 heavy (non-hydrogen) atoms. The van der Waals surface area contributed by atoms with Gasteiger partial charge in [-0.25, -0.2) is 4.98 Å². The molecule has 2 heterocycles. The zero-order chi connectivity index (χ0) is 14.3. The van der Waals surface area contributed by atoms with Crippen molar-refractivity contribution < 1.29 is 13.9 Å². The van der Waals surface area contributed by atoms with Gasteiger partial charge in [0.25, 0.3) is 0 Å². The molecule has 0 aromatic carbocycles. The molecule has 2 rings (SSSR count). The van der Waals surface area contributed by atoms with Crippen LogP contribution >= 0.6 is 0 Å². The van der Waals surface area contributed by atoms with Crippen LogP contribution in [-0.2, 0) is 11.0 Å². The van der Waals surface area contributed by atoms with Gasteiger partial charge in [-0.1, -0.05) is 20.8 Å². The lowest BCUT2D eigenvalue weighted by molar-refractivity contribution is 0.249. The Morgan fingerprint density at radius 3 is 2.63 bits per heavy atom. The molecule has 2 aromatic rings. The van der Waals surface area contributed by atoms with Crippen molar-refractivity contribution in [2.75, 3.05) is 0 Å². The Labute approximate surface area is 114 Å². The topological polar surface area (TPSA) is 55.5 Å². The van der Waals surface area contributed by atoms with E-state index in [1.54, 1.807) is 6.07 Å². The van der Waals surface area contributed by atoms with Gasteiger partial charge in [0.15, 0.2) is 13.9 Å². The largest absolute Gasteiger partial charge is 0.506 e. The summed E-state index contributed by atoms with van der Waals surface area (Å²) in [5.41, 5.74) is 1.33. The summed E-state index contributed by atoms with van der Waals surface area (Å²) >= 11 is 0. The van der Waals surface area contributed by atoms with Gasteiger partial charge in [0, 0.05) is 12.1 Å². The van der Waals surface area contributed by atoms with E-state index in [9.17, 15) is 5.11 Å². The Bertz CT molecular complexity index is 584. The molecule has 0 aliphatic heterocycles. The molecule has 2 aromatic heterocycles. The van der Waals surface area contributed by atoms with Crippen molar-refractivity contribution in [3.8, 4) is 5.75 Å². The van der Waals surface area contributed by atoms with Crippen molar-refractivity contribution in [3.63, 3.8) is 0 Å². The molecule has 0 unspecified atom stereocenters. The van der Waals surface area contributed by atoms with E-state index in [0.29, 0.717) is 12.2 Å². The van der Waals surface area contributed by atoms with Crippen LogP contribution in [0.4, 0.5) is 0 Å². The first-order valence-corrected chi connectivity index (χ1v) is 9.31. The van der Waals surface area contributed by atoms with Crippen LogP contribution in [0.5, 0.6) is 5.75 Å². The van der Waals surface area contributed by atoms with Crippen LogP contribution in [0.2, 0.25) is 18.1 Å². The number of furan rings is 1. The van der Waals surface area contributed by atoms with E-state index in [1.807, 2.05) is 6.07 Å². The molecule has 5 heteroatoms. The highest BCUT2D eigenvalue weighted by molar-refractivity contribution is 6.74. The maximum atomic E-state index is 9.36. The van der Waals surface area contributed by atoms with Gasteiger partial charge in [-0.2, -0.15) is 0 Å². The zero-order valence-electron chi connectivity index (χ0n) is 12.2. The maximum absolute atomic E-state index is 9.36. The first-order chi connectivity index (χ1) is 8.69. The minimum Gasteiger partial charge on any atom is -0.506 e. The third-order valence-electron chi connectivity index (χ3n) is 3.79. The SMILES string of the molecule is CC(C)(C)[Si](C)(C)OCc1cc2ncc(O)cc2o1. The zero-order valence-corrected chi connectivity index (χ0v) is 13.2. The molecule has 0 saturated heterocycles. The Morgan fingerprint density at radius 1 is 1.32 bits per heavy atom. The molecule has 0 atom stereocenters. The van der Waals surface area contributed by atoms with Gasteiger partial charge in [0.2, 0.25) is 0 Å². The molecule has 4 nitrogen and oxygen atoms in total. The molecule has 104 valence electrons. The summed E-state index contributed by atoms with van der Waals surface area (Å²) in [7, 11) is -1.78. The summed E-state index contributed by atoms with van der Waals surface area (Å²) in [5, 5.41) is 9.53. The average Bonchev–Trinajstić information content (AvgIpc) is 2.67. The Hall–Kier alpha value is -1.33. The predicted octanol–water partition coefficient (Wildman–Crippen LogP) is 4.06. The maximum Gasteiger partial charge on any atom is 0.192 e. The molecular formula is C14H21NO3Si. The van der Waals surface area contributed by atoms with E-state index in [-0.39, 0.29) is 10.8 Å². The van der Waals surface area contributed by atoms with Crippen molar-refractivity contribution in [3.05, 3.63) is 24.1 Å². The van der Waals surface area contributed by atoms with Crippen LogP contribution < -0.4 is 0 Å². The summed E-state index contributed by atoms with van der Waals surface area (Å²) in [6.45, 7) is 11.5. The lowest BCUT2D eigenvalue weighted by Gasteiger charge is -2.35. The van der Waals surface area contributed by atoms with E-state index >= 15 is 0 Å². The van der Waals surface area contributed by atoms with E-state index in [4.69, 9.17) is 8.84 Å². The second-order valence-corrected chi connectivity index (χ2v) is 11.1. The number of rotatable bonds is 3. The van der Waals surface area contributed by atoms with Crippen molar-refractivity contribution in [2.45, 2.75) is 45.5 Å². The summed E-state index contributed by atoms with van der Waals surface area (Å²) in [6, 6.07) is 3.43. The van der Waals surface area contributed by atoms with Gasteiger partial charge < -0.3 is 13.9 Å². The van der Waals surface area contributed by atoms with E-state index in [1.165, 1.54) is 6.20 Å². The molecule has 0 radical (unpaired) electrons. The van der Waals surface area contributed by atoms with Gasteiger partial charge in [0.05, 0.1) is 12.8 Å². The third kappa shape index (κ3) is 2.98. The lowest BCUT2D eigenvalue weighted by atomic mass is 10.2. The summed E-state index contributed by atoms with van der Waals surface area (Å²) in [4.78, 5) is 4.11. The first-order valence-electron chi connectivity index (χ1n) is 6.40. The summed E-state index contributed by atoms with van der Waals surface area (Å²) in [6.07, 6.45) is 1.41. The van der Waals surface area contributed by atoms with Crippen LogP contribution in [-0.4, -0.2) is 18.4 Å². The molecule has 0 aliphatic rings. The van der Waals surface area contributed by atoms with Crippen molar-refractivity contribution in [1.82, 2.24) is 4.98 Å². The van der Waals surface area contributed by atoms with Gasteiger partial charge in [-0.15, -0.1) is 0 Å². The number of hydrogen-bond donors (Lipinski definition) is 1. The number of aromatic nitrogens is 1. The Kier molecular flexibility index (Phi) is 3.45. The molecule has 0 spiro atoms. The van der Waals surface area contributed by atoms with E-state index in [2.05, 4.69) is 38.8 Å². The molecule has 1 N–H and O–H groups in total. The van der Waals surface area contributed by atoms with E-state index < -0.39 is 8.32 Å². The van der Waals surface area contributed by atoms with Crippen LogP contribution in [0.15, 0.2) is 22.7 Å². The fourth-order valence-corrected chi connectivity index (χ4v) is 2.43. The fourth-order valence-electron chi connectivity index (χ4n) is 1.50. The van der Waals surface area contributed by atoms with Gasteiger partial charge >= 0.3 is 0 Å². The standard InChI is InChI=1S/C14H21NO3Si/c1-14(2,3)19(4,5)17-9-11-7-12-13(18-11)6-10(16)8-15-12/h6-8,16H,9H2,1-5H3. The number of fused-ring (bicyclic) bond motifs is 1. The van der Waals surface area contributed by atoms with Gasteiger partial charge in [0.1, 0.15) is 17.0 Å². The van der Waals surface area contributed by atoms with Crippen molar-refractivity contribution in [2.24, 2.45) is 0 Å². The third-order valence-corrected chi connectivity index (χ3v) is 8.27. The molecule has 0 amide bonds.